The molecule has 1 aromatic carbocycles. The van der Waals surface area contributed by atoms with Gasteiger partial charge in [0.05, 0.1) is 13.2 Å². The molecule has 2 unspecified atom stereocenters. The molecular weight excluding hydrogens is 212 g/mol. The molecule has 0 aromatic heterocycles. The van der Waals surface area contributed by atoms with Crippen LogP contribution in [0.2, 0.25) is 0 Å². The van der Waals surface area contributed by atoms with Crippen LogP contribution in [-0.2, 0) is 0 Å². The van der Waals surface area contributed by atoms with E-state index < -0.39 is 12.2 Å². The maximum absolute atomic E-state index is 9.80. The van der Waals surface area contributed by atoms with E-state index in [1.54, 1.807) is 31.4 Å². The first-order valence-electron chi connectivity index (χ1n) is 4.80. The molecule has 0 aliphatic carbocycles. The van der Waals surface area contributed by atoms with Crippen LogP contribution in [0, 0.1) is 0 Å². The van der Waals surface area contributed by atoms with Crippen LogP contribution in [0.3, 0.4) is 0 Å². The molecule has 0 amide bonds. The number of rotatable bonds is 5. The van der Waals surface area contributed by atoms with Gasteiger partial charge in [-0.15, -0.1) is 0 Å². The Bertz CT molecular complexity index is 304. The summed E-state index contributed by atoms with van der Waals surface area (Å²) >= 11 is 4.01. The SMILES string of the molecule is COc1cccc(C(O)C(O)CCS)c1. The average Bonchev–Trinajstić information content (AvgIpc) is 2.28. The zero-order chi connectivity index (χ0) is 11.3. The number of aliphatic hydroxyl groups is 2. The normalized spacial score (nSPS) is 14.7. The minimum Gasteiger partial charge on any atom is -0.497 e. The van der Waals surface area contributed by atoms with E-state index in [9.17, 15) is 10.2 Å². The molecule has 1 aromatic rings. The highest BCUT2D eigenvalue weighted by Crippen LogP contribution is 2.22. The summed E-state index contributed by atoms with van der Waals surface area (Å²) in [7, 11) is 1.57. The second-order valence-corrected chi connectivity index (χ2v) is 3.75. The lowest BCUT2D eigenvalue weighted by atomic mass is 10.0. The molecule has 84 valence electrons. The molecule has 4 heteroatoms. The predicted molar refractivity (Wildman–Crippen MR) is 62.4 cm³/mol. The summed E-state index contributed by atoms with van der Waals surface area (Å²) in [6.45, 7) is 0. The second kappa shape index (κ2) is 6.00. The summed E-state index contributed by atoms with van der Waals surface area (Å²) in [5, 5.41) is 19.4. The molecule has 0 bridgehead atoms. The van der Waals surface area contributed by atoms with Gasteiger partial charge in [-0.05, 0) is 29.9 Å². The molecule has 0 radical (unpaired) electrons. The minimum absolute atomic E-state index is 0.460. The number of aliphatic hydroxyl groups excluding tert-OH is 2. The van der Waals surface area contributed by atoms with Crippen molar-refractivity contribution in [2.75, 3.05) is 12.9 Å². The van der Waals surface area contributed by atoms with Crippen LogP contribution >= 0.6 is 12.6 Å². The Morgan fingerprint density at radius 1 is 1.40 bits per heavy atom. The molecule has 0 aliphatic rings. The maximum Gasteiger partial charge on any atom is 0.119 e. The van der Waals surface area contributed by atoms with Gasteiger partial charge in [0.1, 0.15) is 11.9 Å². The van der Waals surface area contributed by atoms with Gasteiger partial charge in [0, 0.05) is 0 Å². The molecule has 3 nitrogen and oxygen atoms in total. The summed E-state index contributed by atoms with van der Waals surface area (Å²) in [4.78, 5) is 0. The lowest BCUT2D eigenvalue weighted by molar-refractivity contribution is 0.0171. The summed E-state index contributed by atoms with van der Waals surface area (Å²) in [5.74, 6) is 1.21. The molecule has 0 fully saturated rings. The highest BCUT2D eigenvalue weighted by Gasteiger charge is 2.17. The first kappa shape index (κ1) is 12.4. The Labute approximate surface area is 95.1 Å². The number of benzene rings is 1. The van der Waals surface area contributed by atoms with Crippen LogP contribution in [0.25, 0.3) is 0 Å². The number of ether oxygens (including phenoxy) is 1. The molecule has 0 saturated carbocycles. The fourth-order valence-electron chi connectivity index (χ4n) is 1.34. The largest absolute Gasteiger partial charge is 0.497 e. The lowest BCUT2D eigenvalue weighted by Crippen LogP contribution is -2.18. The monoisotopic (exact) mass is 228 g/mol. The number of hydrogen-bond acceptors (Lipinski definition) is 4. The van der Waals surface area contributed by atoms with Crippen LogP contribution in [0.15, 0.2) is 24.3 Å². The van der Waals surface area contributed by atoms with Crippen molar-refractivity contribution in [2.45, 2.75) is 18.6 Å². The van der Waals surface area contributed by atoms with Crippen molar-refractivity contribution in [1.29, 1.82) is 0 Å². The van der Waals surface area contributed by atoms with Crippen LogP contribution in [0.4, 0.5) is 0 Å². The number of methoxy groups -OCH3 is 1. The smallest absolute Gasteiger partial charge is 0.119 e. The van der Waals surface area contributed by atoms with E-state index in [1.165, 1.54) is 0 Å². The molecule has 0 heterocycles. The Kier molecular flexibility index (Phi) is 4.94. The highest BCUT2D eigenvalue weighted by atomic mass is 32.1. The Balaban J connectivity index is 2.76. The molecule has 1 rings (SSSR count). The molecule has 0 aliphatic heterocycles. The standard InChI is InChI=1S/C11H16O3S/c1-14-9-4-2-3-8(7-9)11(13)10(12)5-6-15/h2-4,7,10-13,15H,5-6H2,1H3. The number of hydrogen-bond donors (Lipinski definition) is 3. The predicted octanol–water partition coefficient (Wildman–Crippen LogP) is 1.41. The summed E-state index contributed by atoms with van der Waals surface area (Å²) in [5.41, 5.74) is 0.656. The van der Waals surface area contributed by atoms with Crippen molar-refractivity contribution in [3.63, 3.8) is 0 Å². The van der Waals surface area contributed by atoms with Crippen molar-refractivity contribution in [3.8, 4) is 5.75 Å². The highest BCUT2D eigenvalue weighted by molar-refractivity contribution is 7.80. The van der Waals surface area contributed by atoms with E-state index in [2.05, 4.69) is 12.6 Å². The van der Waals surface area contributed by atoms with E-state index in [0.29, 0.717) is 23.5 Å². The molecule has 0 spiro atoms. The van der Waals surface area contributed by atoms with Crippen molar-refractivity contribution in [2.24, 2.45) is 0 Å². The van der Waals surface area contributed by atoms with Crippen molar-refractivity contribution < 1.29 is 14.9 Å². The molecule has 2 N–H and O–H groups in total. The second-order valence-electron chi connectivity index (χ2n) is 3.30. The topological polar surface area (TPSA) is 49.7 Å². The minimum atomic E-state index is -0.882. The number of thiol groups is 1. The third-order valence-electron chi connectivity index (χ3n) is 2.22. The van der Waals surface area contributed by atoms with Crippen molar-refractivity contribution >= 4 is 12.6 Å². The van der Waals surface area contributed by atoms with Crippen LogP contribution in [0.5, 0.6) is 5.75 Å². The van der Waals surface area contributed by atoms with Crippen molar-refractivity contribution in [1.82, 2.24) is 0 Å². The van der Waals surface area contributed by atoms with E-state index in [1.807, 2.05) is 0 Å². The molecule has 15 heavy (non-hydrogen) atoms. The van der Waals surface area contributed by atoms with Gasteiger partial charge in [0.15, 0.2) is 0 Å². The van der Waals surface area contributed by atoms with Gasteiger partial charge in [0.2, 0.25) is 0 Å². The van der Waals surface area contributed by atoms with E-state index >= 15 is 0 Å². The van der Waals surface area contributed by atoms with Gasteiger partial charge in [-0.3, -0.25) is 0 Å². The summed E-state index contributed by atoms with van der Waals surface area (Å²) < 4.78 is 5.04. The fourth-order valence-corrected chi connectivity index (χ4v) is 1.60. The van der Waals surface area contributed by atoms with Crippen LogP contribution < -0.4 is 4.74 Å². The van der Waals surface area contributed by atoms with Crippen LogP contribution in [-0.4, -0.2) is 29.2 Å². The van der Waals surface area contributed by atoms with Gasteiger partial charge in [-0.25, -0.2) is 0 Å². The zero-order valence-electron chi connectivity index (χ0n) is 8.63. The van der Waals surface area contributed by atoms with Crippen LogP contribution in [0.1, 0.15) is 18.1 Å². The Hall–Kier alpha value is -0.710. The Morgan fingerprint density at radius 2 is 2.13 bits per heavy atom. The first-order valence-corrected chi connectivity index (χ1v) is 5.43. The van der Waals surface area contributed by atoms with E-state index in [0.717, 1.165) is 0 Å². The summed E-state index contributed by atoms with van der Waals surface area (Å²) in [6, 6.07) is 7.05. The van der Waals surface area contributed by atoms with Gasteiger partial charge >= 0.3 is 0 Å². The van der Waals surface area contributed by atoms with Gasteiger partial charge < -0.3 is 14.9 Å². The maximum atomic E-state index is 9.80. The van der Waals surface area contributed by atoms with E-state index in [-0.39, 0.29) is 0 Å². The van der Waals surface area contributed by atoms with Gasteiger partial charge in [-0.1, -0.05) is 12.1 Å². The third kappa shape index (κ3) is 3.41. The third-order valence-corrected chi connectivity index (χ3v) is 2.48. The molecule has 2 atom stereocenters. The fraction of sp³-hybridized carbons (Fsp3) is 0.455. The first-order chi connectivity index (χ1) is 7.19. The Morgan fingerprint density at radius 3 is 2.73 bits per heavy atom. The quantitative estimate of drug-likeness (QED) is 0.668. The van der Waals surface area contributed by atoms with E-state index in [4.69, 9.17) is 4.74 Å². The average molecular weight is 228 g/mol. The molecular formula is C11H16O3S. The van der Waals surface area contributed by atoms with Gasteiger partial charge in [-0.2, -0.15) is 12.6 Å². The van der Waals surface area contributed by atoms with Crippen molar-refractivity contribution in [3.05, 3.63) is 29.8 Å². The van der Waals surface area contributed by atoms with Gasteiger partial charge in [0.25, 0.3) is 0 Å². The summed E-state index contributed by atoms with van der Waals surface area (Å²) in [6.07, 6.45) is -1.21. The zero-order valence-corrected chi connectivity index (χ0v) is 9.52. The lowest BCUT2D eigenvalue weighted by Gasteiger charge is -2.17. The molecule has 0 saturated heterocycles.